The van der Waals surface area contributed by atoms with Crippen LogP contribution in [0.1, 0.15) is 43.2 Å². The number of piperidine rings is 1. The van der Waals surface area contributed by atoms with E-state index in [1.165, 1.54) is 68.6 Å². The van der Waals surface area contributed by atoms with Gasteiger partial charge in [-0.1, -0.05) is 12.5 Å². The lowest BCUT2D eigenvalue weighted by atomic mass is 9.85. The number of nitrogens with one attached hydrogen (secondary N) is 1. The first kappa shape index (κ1) is 13.9. The highest BCUT2D eigenvalue weighted by molar-refractivity contribution is 5.51. The first-order valence-electron chi connectivity index (χ1n) is 8.28. The number of nitrogens with zero attached hydrogens (tertiary/aromatic N) is 1. The molecule has 0 bridgehead atoms. The summed E-state index contributed by atoms with van der Waals surface area (Å²) in [7, 11) is 0. The number of rotatable bonds is 4. The third kappa shape index (κ3) is 3.17. The molecule has 1 aliphatic carbocycles. The van der Waals surface area contributed by atoms with Crippen LogP contribution in [-0.2, 0) is 0 Å². The molecule has 1 aromatic carbocycles. The molecule has 1 unspecified atom stereocenters. The summed E-state index contributed by atoms with van der Waals surface area (Å²) in [6.45, 7) is 8.04. The fraction of sp³-hybridized carbons (Fsp3) is 0.667. The van der Waals surface area contributed by atoms with Crippen LogP contribution in [0.3, 0.4) is 0 Å². The van der Waals surface area contributed by atoms with Gasteiger partial charge in [0.2, 0.25) is 0 Å². The third-order valence-corrected chi connectivity index (χ3v) is 5.20. The maximum absolute atomic E-state index is 3.81. The molecule has 1 N–H and O–H groups in total. The molecule has 1 saturated carbocycles. The van der Waals surface area contributed by atoms with Gasteiger partial charge in [-0.25, -0.2) is 0 Å². The largest absolute Gasteiger partial charge is 0.370 e. The lowest BCUT2D eigenvalue weighted by Gasteiger charge is -2.36. The summed E-state index contributed by atoms with van der Waals surface area (Å²) in [5, 5.41) is 3.81. The summed E-state index contributed by atoms with van der Waals surface area (Å²) in [5.41, 5.74) is 4.21. The Morgan fingerprint density at radius 3 is 2.65 bits per heavy atom. The van der Waals surface area contributed by atoms with Gasteiger partial charge in [-0.3, -0.25) is 0 Å². The molecule has 1 heterocycles. The fourth-order valence-electron chi connectivity index (χ4n) is 3.33. The first-order valence-corrected chi connectivity index (χ1v) is 8.28. The van der Waals surface area contributed by atoms with Crippen LogP contribution in [0.2, 0.25) is 0 Å². The summed E-state index contributed by atoms with van der Waals surface area (Å²) < 4.78 is 0. The molecule has 1 atom stereocenters. The number of benzene rings is 1. The molecular formula is C18H28N2. The van der Waals surface area contributed by atoms with Gasteiger partial charge in [0.15, 0.2) is 0 Å². The average molecular weight is 272 g/mol. The van der Waals surface area contributed by atoms with E-state index in [-0.39, 0.29) is 0 Å². The highest BCUT2D eigenvalue weighted by atomic mass is 15.2. The van der Waals surface area contributed by atoms with Crippen LogP contribution in [0.25, 0.3) is 0 Å². The Morgan fingerprint density at radius 2 is 1.95 bits per heavy atom. The summed E-state index contributed by atoms with van der Waals surface area (Å²) in [5.74, 6) is 0.965. The van der Waals surface area contributed by atoms with E-state index in [4.69, 9.17) is 0 Å². The van der Waals surface area contributed by atoms with Crippen LogP contribution in [0.5, 0.6) is 0 Å². The number of hydrogen-bond donors (Lipinski definition) is 1. The lowest BCUT2D eigenvalue weighted by Crippen LogP contribution is -2.47. The maximum Gasteiger partial charge on any atom is 0.0369 e. The monoisotopic (exact) mass is 272 g/mol. The van der Waals surface area contributed by atoms with Gasteiger partial charge in [0, 0.05) is 24.8 Å². The Labute approximate surface area is 123 Å². The topological polar surface area (TPSA) is 15.3 Å². The second-order valence-electron chi connectivity index (χ2n) is 6.76. The quantitative estimate of drug-likeness (QED) is 0.900. The summed E-state index contributed by atoms with van der Waals surface area (Å²) >= 11 is 0. The van der Waals surface area contributed by atoms with Crippen molar-refractivity contribution in [1.82, 2.24) is 5.32 Å². The SMILES string of the molecule is Cc1ccc(N2CCCC(NCC3CCC3)C2)cc1C. The van der Waals surface area contributed by atoms with Gasteiger partial charge in [0.05, 0.1) is 0 Å². The van der Waals surface area contributed by atoms with Gasteiger partial charge in [-0.15, -0.1) is 0 Å². The molecule has 2 nitrogen and oxygen atoms in total. The second-order valence-corrected chi connectivity index (χ2v) is 6.76. The van der Waals surface area contributed by atoms with E-state index in [1.54, 1.807) is 0 Å². The van der Waals surface area contributed by atoms with E-state index in [9.17, 15) is 0 Å². The molecule has 2 aliphatic rings. The molecule has 1 aliphatic heterocycles. The van der Waals surface area contributed by atoms with Crippen molar-refractivity contribution in [3.8, 4) is 0 Å². The Hall–Kier alpha value is -1.02. The Morgan fingerprint density at radius 1 is 1.10 bits per heavy atom. The van der Waals surface area contributed by atoms with Crippen LogP contribution < -0.4 is 10.2 Å². The van der Waals surface area contributed by atoms with Gasteiger partial charge in [-0.05, 0) is 75.3 Å². The van der Waals surface area contributed by atoms with Gasteiger partial charge in [0.1, 0.15) is 0 Å². The lowest BCUT2D eigenvalue weighted by molar-refractivity contribution is 0.280. The first-order chi connectivity index (χ1) is 9.72. The Kier molecular flexibility index (Phi) is 4.30. The normalized spacial score (nSPS) is 23.7. The summed E-state index contributed by atoms with van der Waals surface area (Å²) in [6, 6.07) is 7.59. The molecule has 1 saturated heterocycles. The Bertz CT molecular complexity index is 451. The van der Waals surface area contributed by atoms with Crippen LogP contribution in [0.15, 0.2) is 18.2 Å². The number of anilines is 1. The predicted molar refractivity (Wildman–Crippen MR) is 86.5 cm³/mol. The molecule has 110 valence electrons. The molecule has 2 heteroatoms. The molecule has 2 fully saturated rings. The predicted octanol–water partition coefficient (Wildman–Crippen LogP) is 3.66. The van der Waals surface area contributed by atoms with Crippen LogP contribution in [0.4, 0.5) is 5.69 Å². The minimum atomic E-state index is 0.686. The van der Waals surface area contributed by atoms with Crippen molar-refractivity contribution in [3.05, 3.63) is 29.3 Å². The van der Waals surface area contributed by atoms with E-state index in [0.717, 1.165) is 5.92 Å². The zero-order valence-electron chi connectivity index (χ0n) is 13.0. The van der Waals surface area contributed by atoms with Crippen LogP contribution >= 0.6 is 0 Å². The van der Waals surface area contributed by atoms with E-state index in [0.29, 0.717) is 6.04 Å². The van der Waals surface area contributed by atoms with Crippen molar-refractivity contribution in [3.63, 3.8) is 0 Å². The molecule has 0 aromatic heterocycles. The summed E-state index contributed by atoms with van der Waals surface area (Å²) in [6.07, 6.45) is 7.00. The summed E-state index contributed by atoms with van der Waals surface area (Å²) in [4.78, 5) is 2.56. The van der Waals surface area contributed by atoms with Crippen molar-refractivity contribution in [2.45, 2.75) is 52.0 Å². The van der Waals surface area contributed by atoms with Crippen molar-refractivity contribution >= 4 is 5.69 Å². The number of aryl methyl sites for hydroxylation is 2. The van der Waals surface area contributed by atoms with Crippen molar-refractivity contribution in [1.29, 1.82) is 0 Å². The highest BCUT2D eigenvalue weighted by Crippen LogP contribution is 2.26. The minimum absolute atomic E-state index is 0.686. The van der Waals surface area contributed by atoms with Crippen LogP contribution in [0, 0.1) is 19.8 Å². The smallest absolute Gasteiger partial charge is 0.0369 e. The standard InChI is InChI=1S/C18H28N2/c1-14-8-9-18(11-15(14)2)20-10-4-7-17(13-20)19-12-16-5-3-6-16/h8-9,11,16-17,19H,3-7,10,12-13H2,1-2H3. The Balaban J connectivity index is 1.57. The zero-order chi connectivity index (χ0) is 13.9. The van der Waals surface area contributed by atoms with Gasteiger partial charge < -0.3 is 10.2 Å². The van der Waals surface area contributed by atoms with Gasteiger partial charge in [-0.2, -0.15) is 0 Å². The fourth-order valence-corrected chi connectivity index (χ4v) is 3.33. The van der Waals surface area contributed by atoms with Crippen molar-refractivity contribution in [2.75, 3.05) is 24.5 Å². The van der Waals surface area contributed by atoms with Gasteiger partial charge in [0.25, 0.3) is 0 Å². The minimum Gasteiger partial charge on any atom is -0.370 e. The van der Waals surface area contributed by atoms with E-state index in [2.05, 4.69) is 42.3 Å². The molecule has 0 radical (unpaired) electrons. The van der Waals surface area contributed by atoms with Crippen LogP contribution in [-0.4, -0.2) is 25.7 Å². The van der Waals surface area contributed by atoms with E-state index >= 15 is 0 Å². The third-order valence-electron chi connectivity index (χ3n) is 5.20. The van der Waals surface area contributed by atoms with Crippen molar-refractivity contribution < 1.29 is 0 Å². The molecule has 3 rings (SSSR count). The van der Waals surface area contributed by atoms with E-state index < -0.39 is 0 Å². The molecule has 20 heavy (non-hydrogen) atoms. The second kappa shape index (κ2) is 6.17. The highest BCUT2D eigenvalue weighted by Gasteiger charge is 2.23. The van der Waals surface area contributed by atoms with Crippen molar-refractivity contribution in [2.24, 2.45) is 5.92 Å². The maximum atomic E-state index is 3.81. The zero-order valence-corrected chi connectivity index (χ0v) is 13.0. The molecule has 0 amide bonds. The molecular weight excluding hydrogens is 244 g/mol. The average Bonchev–Trinajstić information content (AvgIpc) is 2.40. The number of hydrogen-bond acceptors (Lipinski definition) is 2. The van der Waals surface area contributed by atoms with E-state index in [1.807, 2.05) is 0 Å². The molecule has 0 spiro atoms. The van der Waals surface area contributed by atoms with Gasteiger partial charge >= 0.3 is 0 Å². The molecule has 1 aromatic rings.